The maximum absolute atomic E-state index is 9.79. The molecule has 0 unspecified atom stereocenters. The third-order valence-electron chi connectivity index (χ3n) is 5.16. The number of ether oxygens (including phenoxy) is 2. The first kappa shape index (κ1) is 17.5. The SMILES string of the molecule is COc1c(OC)c(C#N)c2oc3cc4c5cc(O)c(O)cc5c4cc3oc2c1C#N. The number of benzene rings is 3. The molecule has 2 N–H and O–H groups in total. The number of phenols is 2. The molecule has 5 aromatic rings. The monoisotopic (exact) mass is 400 g/mol. The Balaban J connectivity index is 1.94. The molecule has 0 aliphatic rings. The first-order valence-electron chi connectivity index (χ1n) is 8.75. The highest BCUT2D eigenvalue weighted by Crippen LogP contribution is 2.45. The molecule has 4 aromatic carbocycles. The van der Waals surface area contributed by atoms with Gasteiger partial charge in [-0.2, -0.15) is 10.5 Å². The molecule has 146 valence electrons. The largest absolute Gasteiger partial charge is 0.504 e. The maximum Gasteiger partial charge on any atom is 0.193 e. The summed E-state index contributed by atoms with van der Waals surface area (Å²) in [6, 6.07) is 10.4. The maximum atomic E-state index is 9.79. The summed E-state index contributed by atoms with van der Waals surface area (Å²) in [6.07, 6.45) is 0. The minimum Gasteiger partial charge on any atom is -0.504 e. The zero-order valence-corrected chi connectivity index (χ0v) is 15.7. The normalized spacial score (nSPS) is 11.2. The third-order valence-corrected chi connectivity index (χ3v) is 5.16. The molecule has 0 aliphatic carbocycles. The second-order valence-corrected chi connectivity index (χ2v) is 6.63. The summed E-state index contributed by atoms with van der Waals surface area (Å²) >= 11 is 0. The van der Waals surface area contributed by atoms with Gasteiger partial charge in [0.25, 0.3) is 0 Å². The van der Waals surface area contributed by atoms with Crippen LogP contribution in [0.15, 0.2) is 33.1 Å². The Morgan fingerprint density at radius 1 is 0.700 bits per heavy atom. The van der Waals surface area contributed by atoms with E-state index in [0.717, 1.165) is 21.5 Å². The van der Waals surface area contributed by atoms with Gasteiger partial charge in [0.2, 0.25) is 0 Å². The number of hydrogen-bond donors (Lipinski definition) is 2. The van der Waals surface area contributed by atoms with E-state index in [0.29, 0.717) is 11.2 Å². The number of aromatic hydroxyl groups is 2. The molecule has 30 heavy (non-hydrogen) atoms. The van der Waals surface area contributed by atoms with Gasteiger partial charge >= 0.3 is 0 Å². The number of rotatable bonds is 2. The van der Waals surface area contributed by atoms with Gasteiger partial charge in [-0.3, -0.25) is 0 Å². The van der Waals surface area contributed by atoms with Crippen molar-refractivity contribution >= 4 is 43.9 Å². The molecule has 0 spiro atoms. The van der Waals surface area contributed by atoms with E-state index >= 15 is 0 Å². The smallest absolute Gasteiger partial charge is 0.193 e. The first-order chi connectivity index (χ1) is 14.5. The summed E-state index contributed by atoms with van der Waals surface area (Å²) in [6.45, 7) is 0. The van der Waals surface area contributed by atoms with Gasteiger partial charge in [-0.1, -0.05) is 0 Å². The Kier molecular flexibility index (Phi) is 3.49. The van der Waals surface area contributed by atoms with Crippen LogP contribution >= 0.6 is 0 Å². The molecular formula is C22H12N2O6. The van der Waals surface area contributed by atoms with E-state index in [9.17, 15) is 20.7 Å². The number of methoxy groups -OCH3 is 2. The molecule has 1 aromatic heterocycles. The van der Waals surface area contributed by atoms with Gasteiger partial charge in [0.05, 0.1) is 14.2 Å². The van der Waals surface area contributed by atoms with E-state index in [1.165, 1.54) is 26.4 Å². The number of fused-ring (bicyclic) bond motifs is 6. The lowest BCUT2D eigenvalue weighted by Gasteiger charge is -2.15. The summed E-state index contributed by atoms with van der Waals surface area (Å²) in [4.78, 5) is 0. The number of phenolic OH excluding ortho intramolecular Hbond substituents is 2. The predicted molar refractivity (Wildman–Crippen MR) is 107 cm³/mol. The summed E-state index contributed by atoms with van der Waals surface area (Å²) < 4.78 is 22.5. The average molecular weight is 400 g/mol. The first-order valence-corrected chi connectivity index (χ1v) is 8.75. The van der Waals surface area contributed by atoms with Crippen molar-refractivity contribution in [3.8, 4) is 35.1 Å². The van der Waals surface area contributed by atoms with Crippen LogP contribution in [0.5, 0.6) is 23.0 Å². The van der Waals surface area contributed by atoms with Crippen molar-refractivity contribution in [3.05, 3.63) is 35.4 Å². The molecule has 8 nitrogen and oxygen atoms in total. The van der Waals surface area contributed by atoms with E-state index in [1.807, 2.05) is 12.1 Å². The topological polar surface area (TPSA) is 133 Å². The predicted octanol–water partition coefficient (Wildman–Crippen LogP) is 4.66. The van der Waals surface area contributed by atoms with Crippen molar-refractivity contribution in [1.29, 1.82) is 10.5 Å². The molecule has 1 heterocycles. The van der Waals surface area contributed by atoms with Crippen LogP contribution < -0.4 is 9.47 Å². The molecule has 8 heteroatoms. The van der Waals surface area contributed by atoms with Crippen LogP contribution in [-0.4, -0.2) is 24.4 Å². The van der Waals surface area contributed by atoms with Crippen molar-refractivity contribution in [2.75, 3.05) is 14.2 Å². The quantitative estimate of drug-likeness (QED) is 0.323. The zero-order valence-electron chi connectivity index (χ0n) is 15.7. The Hall–Kier alpha value is -4.56. The molecule has 0 radical (unpaired) electrons. The summed E-state index contributed by atoms with van der Waals surface area (Å²) in [5, 5.41) is 42.0. The van der Waals surface area contributed by atoms with Crippen LogP contribution in [-0.2, 0) is 0 Å². The Bertz CT molecular complexity index is 1490. The van der Waals surface area contributed by atoms with Gasteiger partial charge in [-0.05, 0) is 45.8 Å². The standard InChI is InChI=1S/C22H12N2O6/c1-27-19-13(7-23)21-22(14(8-24)20(19)28-2)30-18-6-12-10-4-16(26)15(25)3-9(10)11(12)5-17(18)29-21/h3-6,25-26H,1-2H3. The van der Waals surface area contributed by atoms with E-state index in [-0.39, 0.29) is 45.3 Å². The lowest BCUT2D eigenvalue weighted by molar-refractivity contribution is 0.352. The van der Waals surface area contributed by atoms with Crippen LogP contribution in [0.3, 0.4) is 0 Å². The van der Waals surface area contributed by atoms with Gasteiger partial charge < -0.3 is 28.5 Å². The Morgan fingerprint density at radius 2 is 1.07 bits per heavy atom. The second-order valence-electron chi connectivity index (χ2n) is 6.63. The van der Waals surface area contributed by atoms with Crippen LogP contribution in [0.1, 0.15) is 11.1 Å². The fourth-order valence-corrected chi connectivity index (χ4v) is 3.79. The summed E-state index contributed by atoms with van der Waals surface area (Å²) in [7, 11) is 2.73. The van der Waals surface area contributed by atoms with Gasteiger partial charge in [0.15, 0.2) is 45.3 Å². The minimum absolute atomic E-state index is 0.0413. The third kappa shape index (κ3) is 2.07. The van der Waals surface area contributed by atoms with Crippen LogP contribution in [0.2, 0.25) is 0 Å². The van der Waals surface area contributed by atoms with Gasteiger partial charge in [0, 0.05) is 0 Å². The van der Waals surface area contributed by atoms with Crippen molar-refractivity contribution in [2.24, 2.45) is 0 Å². The number of hydrogen-bond acceptors (Lipinski definition) is 8. The minimum atomic E-state index is -0.220. The molecular weight excluding hydrogens is 388 g/mol. The Morgan fingerprint density at radius 3 is 1.40 bits per heavy atom. The number of nitrogens with zero attached hydrogens (tertiary/aromatic N) is 2. The van der Waals surface area contributed by atoms with E-state index in [2.05, 4.69) is 0 Å². The zero-order chi connectivity index (χ0) is 21.2. The molecule has 5 rings (SSSR count). The molecule has 0 fully saturated rings. The number of nitriles is 2. The van der Waals surface area contributed by atoms with Crippen molar-refractivity contribution in [3.63, 3.8) is 0 Å². The molecule has 0 saturated carbocycles. The lowest BCUT2D eigenvalue weighted by Crippen LogP contribution is -1.99. The van der Waals surface area contributed by atoms with Crippen LogP contribution in [0.4, 0.5) is 0 Å². The molecule has 0 atom stereocenters. The second kappa shape index (κ2) is 5.97. The highest BCUT2D eigenvalue weighted by molar-refractivity contribution is 6.27. The van der Waals surface area contributed by atoms with E-state index in [1.54, 1.807) is 12.1 Å². The highest BCUT2D eigenvalue weighted by Gasteiger charge is 2.26. The molecule has 0 saturated heterocycles. The van der Waals surface area contributed by atoms with Gasteiger partial charge in [-0.25, -0.2) is 0 Å². The van der Waals surface area contributed by atoms with Crippen molar-refractivity contribution < 1.29 is 28.5 Å². The molecule has 0 aliphatic heterocycles. The van der Waals surface area contributed by atoms with Gasteiger partial charge in [-0.15, -0.1) is 0 Å². The summed E-state index contributed by atoms with van der Waals surface area (Å²) in [5.74, 6) is -0.280. The van der Waals surface area contributed by atoms with E-state index in [4.69, 9.17) is 18.3 Å². The highest BCUT2D eigenvalue weighted by atomic mass is 16.5. The molecule has 0 bridgehead atoms. The average Bonchev–Trinajstić information content (AvgIpc) is 2.76. The van der Waals surface area contributed by atoms with E-state index < -0.39 is 0 Å². The fraction of sp³-hybridized carbons (Fsp3) is 0.0909. The lowest BCUT2D eigenvalue weighted by atomic mass is 9.93. The van der Waals surface area contributed by atoms with Crippen LogP contribution in [0.25, 0.3) is 43.9 Å². The van der Waals surface area contributed by atoms with Gasteiger partial charge in [0.1, 0.15) is 23.3 Å². The van der Waals surface area contributed by atoms with Crippen molar-refractivity contribution in [2.45, 2.75) is 0 Å². The fourth-order valence-electron chi connectivity index (χ4n) is 3.79. The van der Waals surface area contributed by atoms with Crippen LogP contribution in [0, 0.1) is 22.7 Å². The Labute approximate surface area is 168 Å². The summed E-state index contributed by atoms with van der Waals surface area (Å²) in [5.41, 5.74) is 0.887. The van der Waals surface area contributed by atoms with Crippen molar-refractivity contribution in [1.82, 2.24) is 0 Å². The molecule has 0 amide bonds.